The quantitative estimate of drug-likeness (QED) is 0.731. The van der Waals surface area contributed by atoms with E-state index in [2.05, 4.69) is 20.6 Å². The van der Waals surface area contributed by atoms with E-state index in [4.69, 9.17) is 4.74 Å². The lowest BCUT2D eigenvalue weighted by Gasteiger charge is -2.08. The van der Waals surface area contributed by atoms with Crippen LogP contribution in [0.2, 0.25) is 0 Å². The van der Waals surface area contributed by atoms with E-state index in [1.54, 1.807) is 41.1 Å². The van der Waals surface area contributed by atoms with E-state index < -0.39 is 0 Å². The maximum absolute atomic E-state index is 11.8. The predicted octanol–water partition coefficient (Wildman–Crippen LogP) is 3.75. The minimum Gasteiger partial charge on any atom is -0.438 e. The molecule has 0 saturated heterocycles. The Hall–Kier alpha value is -3.22. The molecule has 1 aromatic carbocycles. The smallest absolute Gasteiger partial charge is 0.238 e. The van der Waals surface area contributed by atoms with Crippen LogP contribution in [0.15, 0.2) is 48.7 Å². The number of nitrogens with one attached hydrogen (secondary N) is 1. The van der Waals surface area contributed by atoms with Crippen LogP contribution in [-0.2, 0) is 4.79 Å². The molecule has 3 aromatic rings. The molecular formula is C19H21N5O2. The fraction of sp³-hybridized carbons (Fsp3) is 0.263. The van der Waals surface area contributed by atoms with Gasteiger partial charge in [-0.25, -0.2) is 4.68 Å². The van der Waals surface area contributed by atoms with Crippen molar-refractivity contribution in [3.8, 4) is 17.4 Å². The summed E-state index contributed by atoms with van der Waals surface area (Å²) in [5.74, 6) is 1.94. The van der Waals surface area contributed by atoms with Crippen molar-refractivity contribution >= 4 is 11.6 Å². The topological polar surface area (TPSA) is 81.9 Å². The van der Waals surface area contributed by atoms with Crippen molar-refractivity contribution in [2.24, 2.45) is 5.92 Å². The number of rotatable bonds is 6. The molecule has 0 radical (unpaired) electrons. The maximum Gasteiger partial charge on any atom is 0.238 e. The second-order valence-electron chi connectivity index (χ2n) is 6.40. The van der Waals surface area contributed by atoms with Crippen LogP contribution in [0.25, 0.3) is 5.82 Å². The number of nitrogens with zero attached hydrogens (tertiary/aromatic N) is 4. The largest absolute Gasteiger partial charge is 0.438 e. The molecule has 2 aromatic heterocycles. The van der Waals surface area contributed by atoms with E-state index in [9.17, 15) is 4.79 Å². The van der Waals surface area contributed by atoms with Crippen LogP contribution >= 0.6 is 0 Å². The molecule has 0 aliphatic carbocycles. The molecule has 0 aliphatic heterocycles. The molecule has 0 fully saturated rings. The molecule has 0 unspecified atom stereocenters. The summed E-state index contributed by atoms with van der Waals surface area (Å²) in [6.45, 7) is 5.93. The zero-order chi connectivity index (χ0) is 18.5. The van der Waals surface area contributed by atoms with Gasteiger partial charge in [-0.1, -0.05) is 13.8 Å². The van der Waals surface area contributed by atoms with Gasteiger partial charge in [-0.2, -0.15) is 5.10 Å². The Bertz CT molecular complexity index is 870. The molecular weight excluding hydrogens is 330 g/mol. The Labute approximate surface area is 152 Å². The maximum atomic E-state index is 11.8. The summed E-state index contributed by atoms with van der Waals surface area (Å²) in [6.07, 6.45) is 2.32. The number of hydrogen-bond donors (Lipinski definition) is 1. The summed E-state index contributed by atoms with van der Waals surface area (Å²) in [6, 6.07) is 12.6. The lowest BCUT2D eigenvalue weighted by molar-refractivity contribution is -0.116. The molecule has 26 heavy (non-hydrogen) atoms. The number of aromatic nitrogens is 4. The highest BCUT2D eigenvalue weighted by molar-refractivity contribution is 5.90. The normalized spacial score (nSPS) is 10.8. The summed E-state index contributed by atoms with van der Waals surface area (Å²) < 4.78 is 7.34. The van der Waals surface area contributed by atoms with Crippen molar-refractivity contribution in [2.45, 2.75) is 27.2 Å². The van der Waals surface area contributed by atoms with E-state index in [1.807, 2.05) is 33.0 Å². The van der Waals surface area contributed by atoms with Crippen molar-refractivity contribution in [1.82, 2.24) is 20.0 Å². The van der Waals surface area contributed by atoms with Crippen molar-refractivity contribution in [1.29, 1.82) is 0 Å². The average Bonchev–Trinajstić information content (AvgIpc) is 3.03. The van der Waals surface area contributed by atoms with Crippen LogP contribution in [0.1, 0.15) is 26.0 Å². The first kappa shape index (κ1) is 17.6. The Morgan fingerprint density at radius 1 is 1.12 bits per heavy atom. The standard InChI is InChI=1S/C19H21N5O2/c1-13(2)12-18(25)20-15-4-6-16(7-5-15)26-19-9-8-17(21-22-19)24-11-10-14(3)23-24/h4-11,13H,12H2,1-3H3,(H,20,25). The molecule has 0 aliphatic rings. The first-order valence-electron chi connectivity index (χ1n) is 8.44. The predicted molar refractivity (Wildman–Crippen MR) is 98.5 cm³/mol. The minimum absolute atomic E-state index is 0.00369. The highest BCUT2D eigenvalue weighted by Crippen LogP contribution is 2.21. The third kappa shape index (κ3) is 4.66. The SMILES string of the molecule is Cc1ccn(-c2ccc(Oc3ccc(NC(=O)CC(C)C)cc3)nn2)n1. The highest BCUT2D eigenvalue weighted by Gasteiger charge is 2.06. The summed E-state index contributed by atoms with van der Waals surface area (Å²) >= 11 is 0. The van der Waals surface area contributed by atoms with Gasteiger partial charge in [0, 0.05) is 24.4 Å². The highest BCUT2D eigenvalue weighted by atomic mass is 16.5. The van der Waals surface area contributed by atoms with Gasteiger partial charge >= 0.3 is 0 Å². The zero-order valence-electron chi connectivity index (χ0n) is 15.0. The Morgan fingerprint density at radius 3 is 2.46 bits per heavy atom. The number of benzene rings is 1. The molecule has 134 valence electrons. The summed E-state index contributed by atoms with van der Waals surface area (Å²) in [7, 11) is 0. The van der Waals surface area contributed by atoms with Gasteiger partial charge in [0.1, 0.15) is 5.75 Å². The van der Waals surface area contributed by atoms with Gasteiger partial charge in [0.2, 0.25) is 11.8 Å². The first-order valence-corrected chi connectivity index (χ1v) is 8.44. The first-order chi connectivity index (χ1) is 12.5. The van der Waals surface area contributed by atoms with Crippen LogP contribution in [0.3, 0.4) is 0 Å². The van der Waals surface area contributed by atoms with Gasteiger partial charge in [-0.05, 0) is 49.2 Å². The monoisotopic (exact) mass is 351 g/mol. The minimum atomic E-state index is 0.00369. The summed E-state index contributed by atoms with van der Waals surface area (Å²) in [5.41, 5.74) is 1.64. The van der Waals surface area contributed by atoms with Gasteiger partial charge < -0.3 is 10.1 Å². The van der Waals surface area contributed by atoms with Crippen LogP contribution in [0.4, 0.5) is 5.69 Å². The Morgan fingerprint density at radius 2 is 1.88 bits per heavy atom. The third-order valence-corrected chi connectivity index (χ3v) is 3.54. The fourth-order valence-electron chi connectivity index (χ4n) is 2.34. The van der Waals surface area contributed by atoms with E-state index in [1.165, 1.54) is 0 Å². The Kier molecular flexibility index (Phi) is 5.26. The number of carbonyl (C=O) groups is 1. The third-order valence-electron chi connectivity index (χ3n) is 3.54. The zero-order valence-corrected chi connectivity index (χ0v) is 15.0. The van der Waals surface area contributed by atoms with E-state index in [0.717, 1.165) is 11.4 Å². The number of carbonyl (C=O) groups excluding carboxylic acids is 1. The van der Waals surface area contributed by atoms with Crippen LogP contribution in [-0.4, -0.2) is 25.9 Å². The Balaban J connectivity index is 1.61. The molecule has 7 nitrogen and oxygen atoms in total. The van der Waals surface area contributed by atoms with Crippen molar-refractivity contribution in [2.75, 3.05) is 5.32 Å². The molecule has 0 saturated carbocycles. The van der Waals surface area contributed by atoms with Crippen LogP contribution < -0.4 is 10.1 Å². The number of aryl methyl sites for hydroxylation is 1. The fourth-order valence-corrected chi connectivity index (χ4v) is 2.34. The van der Waals surface area contributed by atoms with Gasteiger partial charge in [-0.15, -0.1) is 10.2 Å². The second kappa shape index (κ2) is 7.77. The number of hydrogen-bond acceptors (Lipinski definition) is 5. The molecule has 1 N–H and O–H groups in total. The lowest BCUT2D eigenvalue weighted by atomic mass is 10.1. The number of amides is 1. The summed E-state index contributed by atoms with van der Waals surface area (Å²) in [5, 5.41) is 15.3. The van der Waals surface area contributed by atoms with Gasteiger partial charge in [0.05, 0.1) is 5.69 Å². The molecule has 0 bridgehead atoms. The van der Waals surface area contributed by atoms with E-state index >= 15 is 0 Å². The number of ether oxygens (including phenoxy) is 1. The van der Waals surface area contributed by atoms with Crippen LogP contribution in [0.5, 0.6) is 11.6 Å². The van der Waals surface area contributed by atoms with Gasteiger partial charge in [0.15, 0.2) is 5.82 Å². The van der Waals surface area contributed by atoms with E-state index in [-0.39, 0.29) is 5.91 Å². The number of anilines is 1. The molecule has 3 rings (SSSR count). The van der Waals surface area contributed by atoms with Crippen LogP contribution in [0, 0.1) is 12.8 Å². The molecule has 0 atom stereocenters. The van der Waals surface area contributed by atoms with Gasteiger partial charge in [-0.3, -0.25) is 4.79 Å². The van der Waals surface area contributed by atoms with E-state index in [0.29, 0.717) is 29.8 Å². The lowest BCUT2D eigenvalue weighted by Crippen LogP contribution is -2.13. The molecule has 2 heterocycles. The van der Waals surface area contributed by atoms with Crippen molar-refractivity contribution < 1.29 is 9.53 Å². The molecule has 1 amide bonds. The average molecular weight is 351 g/mol. The molecule has 7 heteroatoms. The van der Waals surface area contributed by atoms with Crippen molar-refractivity contribution in [3.63, 3.8) is 0 Å². The second-order valence-corrected chi connectivity index (χ2v) is 6.40. The van der Waals surface area contributed by atoms with Crippen molar-refractivity contribution in [3.05, 3.63) is 54.4 Å². The summed E-state index contributed by atoms with van der Waals surface area (Å²) in [4.78, 5) is 11.8. The van der Waals surface area contributed by atoms with Gasteiger partial charge in [0.25, 0.3) is 0 Å². The molecule has 0 spiro atoms.